The van der Waals surface area contributed by atoms with Crippen LogP contribution >= 0.6 is 0 Å². The van der Waals surface area contributed by atoms with Gasteiger partial charge in [-0.1, -0.05) is 6.92 Å². The van der Waals surface area contributed by atoms with E-state index in [1.807, 2.05) is 19.2 Å². The van der Waals surface area contributed by atoms with Gasteiger partial charge in [0.2, 0.25) is 0 Å². The molecule has 2 unspecified atom stereocenters. The molecule has 0 saturated carbocycles. The monoisotopic (exact) mass is 233 g/mol. The van der Waals surface area contributed by atoms with Crippen LogP contribution in [0.25, 0.3) is 0 Å². The van der Waals surface area contributed by atoms with Gasteiger partial charge in [0.1, 0.15) is 5.82 Å². The van der Waals surface area contributed by atoms with E-state index in [0.717, 1.165) is 5.82 Å². The molecule has 1 aromatic rings. The predicted octanol–water partition coefficient (Wildman–Crippen LogP) is 2.87. The minimum Gasteiger partial charge on any atom is -0.351 e. The average molecular weight is 233 g/mol. The van der Waals surface area contributed by atoms with Crippen LogP contribution in [-0.2, 0) is 0 Å². The highest BCUT2D eigenvalue weighted by atomic mass is 15.2. The number of aromatic nitrogens is 1. The molecule has 1 fully saturated rings. The van der Waals surface area contributed by atoms with Crippen molar-refractivity contribution in [3.05, 3.63) is 23.9 Å². The SMILES string of the molecule is CCC1CCC(C)N1c1cc([C@@H](C)N)ccn1. The molecule has 3 atom stereocenters. The molecule has 0 aliphatic carbocycles. The fourth-order valence-corrected chi connectivity index (χ4v) is 2.74. The maximum Gasteiger partial charge on any atom is 0.129 e. The minimum absolute atomic E-state index is 0.0785. The average Bonchev–Trinajstić information content (AvgIpc) is 2.70. The van der Waals surface area contributed by atoms with Crippen LogP contribution < -0.4 is 10.6 Å². The molecular formula is C14H23N3. The lowest BCUT2D eigenvalue weighted by atomic mass is 10.1. The summed E-state index contributed by atoms with van der Waals surface area (Å²) in [4.78, 5) is 6.99. The zero-order valence-corrected chi connectivity index (χ0v) is 11.1. The van der Waals surface area contributed by atoms with E-state index in [1.165, 1.54) is 24.8 Å². The molecule has 2 rings (SSSR count). The molecule has 3 nitrogen and oxygen atoms in total. The van der Waals surface area contributed by atoms with Gasteiger partial charge in [0, 0.05) is 24.3 Å². The maximum absolute atomic E-state index is 5.94. The Bertz CT molecular complexity index is 375. The standard InChI is InChI=1S/C14H23N3/c1-4-13-6-5-10(2)17(13)14-9-12(11(3)15)7-8-16-14/h7-11,13H,4-6,15H2,1-3H3/t10?,11-,13?/m1/s1. The van der Waals surface area contributed by atoms with Crippen LogP contribution in [0.4, 0.5) is 5.82 Å². The molecule has 0 aromatic carbocycles. The Morgan fingerprint density at radius 3 is 2.94 bits per heavy atom. The fraction of sp³-hybridized carbons (Fsp3) is 0.643. The first-order valence-corrected chi connectivity index (χ1v) is 6.63. The van der Waals surface area contributed by atoms with Gasteiger partial charge in [-0.05, 0) is 50.8 Å². The third-order valence-corrected chi connectivity index (χ3v) is 3.82. The van der Waals surface area contributed by atoms with Crippen molar-refractivity contribution < 1.29 is 0 Å². The summed E-state index contributed by atoms with van der Waals surface area (Å²) in [5.74, 6) is 1.09. The number of nitrogens with two attached hydrogens (primary N) is 1. The van der Waals surface area contributed by atoms with E-state index < -0.39 is 0 Å². The fourth-order valence-electron chi connectivity index (χ4n) is 2.74. The van der Waals surface area contributed by atoms with E-state index in [0.29, 0.717) is 12.1 Å². The second-order valence-electron chi connectivity index (χ2n) is 5.13. The van der Waals surface area contributed by atoms with Gasteiger partial charge in [0.15, 0.2) is 0 Å². The first-order chi connectivity index (χ1) is 8.13. The number of hydrogen-bond acceptors (Lipinski definition) is 3. The third kappa shape index (κ3) is 2.44. The molecule has 0 radical (unpaired) electrons. The molecule has 1 aromatic heterocycles. The molecule has 94 valence electrons. The van der Waals surface area contributed by atoms with Crippen LogP contribution in [0.2, 0.25) is 0 Å². The number of nitrogens with zero attached hydrogens (tertiary/aromatic N) is 2. The van der Waals surface area contributed by atoms with Gasteiger partial charge in [-0.25, -0.2) is 4.98 Å². The molecule has 17 heavy (non-hydrogen) atoms. The van der Waals surface area contributed by atoms with E-state index in [2.05, 4.69) is 29.8 Å². The van der Waals surface area contributed by atoms with Crippen LogP contribution in [0.1, 0.15) is 51.6 Å². The van der Waals surface area contributed by atoms with Crippen molar-refractivity contribution in [3.8, 4) is 0 Å². The van der Waals surface area contributed by atoms with Crippen LogP contribution in [0, 0.1) is 0 Å². The van der Waals surface area contributed by atoms with Crippen molar-refractivity contribution in [3.63, 3.8) is 0 Å². The molecule has 3 heteroatoms. The van der Waals surface area contributed by atoms with Gasteiger partial charge in [0.25, 0.3) is 0 Å². The summed E-state index contributed by atoms with van der Waals surface area (Å²) in [6, 6.07) is 5.47. The van der Waals surface area contributed by atoms with Gasteiger partial charge in [-0.15, -0.1) is 0 Å². The molecule has 0 spiro atoms. The van der Waals surface area contributed by atoms with Crippen LogP contribution in [0.5, 0.6) is 0 Å². The number of hydrogen-bond donors (Lipinski definition) is 1. The van der Waals surface area contributed by atoms with Crippen molar-refractivity contribution in [2.45, 2.75) is 58.2 Å². The molecule has 1 saturated heterocycles. The van der Waals surface area contributed by atoms with Gasteiger partial charge < -0.3 is 10.6 Å². The molecule has 2 N–H and O–H groups in total. The second-order valence-corrected chi connectivity index (χ2v) is 5.13. The summed E-state index contributed by atoms with van der Waals surface area (Å²) in [6.07, 6.45) is 5.62. The Kier molecular flexibility index (Phi) is 3.67. The Morgan fingerprint density at radius 2 is 2.29 bits per heavy atom. The predicted molar refractivity (Wildman–Crippen MR) is 72.1 cm³/mol. The smallest absolute Gasteiger partial charge is 0.129 e. The Balaban J connectivity index is 2.29. The van der Waals surface area contributed by atoms with Crippen molar-refractivity contribution in [2.24, 2.45) is 5.73 Å². The molecule has 2 heterocycles. The Morgan fingerprint density at radius 1 is 1.53 bits per heavy atom. The lowest BCUT2D eigenvalue weighted by Gasteiger charge is -2.29. The highest BCUT2D eigenvalue weighted by Gasteiger charge is 2.30. The quantitative estimate of drug-likeness (QED) is 0.873. The number of rotatable bonds is 3. The summed E-state index contributed by atoms with van der Waals surface area (Å²) in [5.41, 5.74) is 7.11. The molecule has 0 bridgehead atoms. The second kappa shape index (κ2) is 5.05. The first-order valence-electron chi connectivity index (χ1n) is 6.63. The third-order valence-electron chi connectivity index (χ3n) is 3.82. The summed E-state index contributed by atoms with van der Waals surface area (Å²) in [5, 5.41) is 0. The maximum atomic E-state index is 5.94. The minimum atomic E-state index is 0.0785. The largest absolute Gasteiger partial charge is 0.351 e. The van der Waals surface area contributed by atoms with Gasteiger partial charge in [-0.2, -0.15) is 0 Å². The summed E-state index contributed by atoms with van der Waals surface area (Å²) >= 11 is 0. The van der Waals surface area contributed by atoms with Gasteiger partial charge in [-0.3, -0.25) is 0 Å². The van der Waals surface area contributed by atoms with Crippen LogP contribution in [0.3, 0.4) is 0 Å². The zero-order chi connectivity index (χ0) is 12.4. The summed E-state index contributed by atoms with van der Waals surface area (Å²) in [7, 11) is 0. The Labute approximate surface area is 104 Å². The van der Waals surface area contributed by atoms with Crippen molar-refractivity contribution in [1.82, 2.24) is 4.98 Å². The van der Waals surface area contributed by atoms with Crippen molar-refractivity contribution >= 4 is 5.82 Å². The van der Waals surface area contributed by atoms with Gasteiger partial charge in [0.05, 0.1) is 0 Å². The van der Waals surface area contributed by atoms with Crippen molar-refractivity contribution in [2.75, 3.05) is 4.90 Å². The normalized spacial score (nSPS) is 26.2. The van der Waals surface area contributed by atoms with E-state index >= 15 is 0 Å². The topological polar surface area (TPSA) is 42.1 Å². The molecular weight excluding hydrogens is 210 g/mol. The first kappa shape index (κ1) is 12.4. The van der Waals surface area contributed by atoms with E-state index in [9.17, 15) is 0 Å². The van der Waals surface area contributed by atoms with Gasteiger partial charge >= 0.3 is 0 Å². The zero-order valence-electron chi connectivity index (χ0n) is 11.1. The molecule has 1 aliphatic rings. The van der Waals surface area contributed by atoms with Crippen LogP contribution in [0.15, 0.2) is 18.3 Å². The lowest BCUT2D eigenvalue weighted by molar-refractivity contribution is 0.620. The molecule has 1 aliphatic heterocycles. The summed E-state index contributed by atoms with van der Waals surface area (Å²) < 4.78 is 0. The van der Waals surface area contributed by atoms with E-state index in [1.54, 1.807) is 0 Å². The van der Waals surface area contributed by atoms with E-state index in [4.69, 9.17) is 5.73 Å². The number of anilines is 1. The molecule has 0 amide bonds. The highest BCUT2D eigenvalue weighted by Crippen LogP contribution is 2.31. The Hall–Kier alpha value is -1.09. The highest BCUT2D eigenvalue weighted by molar-refractivity contribution is 5.45. The lowest BCUT2D eigenvalue weighted by Crippen LogP contribution is -2.34. The van der Waals surface area contributed by atoms with Crippen LogP contribution in [-0.4, -0.2) is 17.1 Å². The summed E-state index contributed by atoms with van der Waals surface area (Å²) in [6.45, 7) is 6.56. The number of pyridine rings is 1. The van der Waals surface area contributed by atoms with E-state index in [-0.39, 0.29) is 6.04 Å². The van der Waals surface area contributed by atoms with Crippen molar-refractivity contribution in [1.29, 1.82) is 0 Å².